The van der Waals surface area contributed by atoms with E-state index in [2.05, 4.69) is 21.8 Å². The maximum absolute atomic E-state index is 11.5. The standard InChI is InChI=1S/C15H24N2O3S/c1-3-21(18,19)16-10-12-17-11-4-5-15(17)13-6-8-14(20-2)9-7-13/h6-9,15-16H,3-5,10-12H2,1-2H3. The third kappa shape index (κ3) is 4.43. The first-order valence-corrected chi connectivity index (χ1v) is 9.06. The molecule has 21 heavy (non-hydrogen) atoms. The Morgan fingerprint density at radius 3 is 2.67 bits per heavy atom. The van der Waals surface area contributed by atoms with Crippen LogP contribution in [0.25, 0.3) is 0 Å². The molecule has 0 aromatic heterocycles. The molecule has 0 saturated carbocycles. The molecule has 1 aromatic rings. The Morgan fingerprint density at radius 2 is 2.05 bits per heavy atom. The molecule has 0 spiro atoms. The third-order valence-electron chi connectivity index (χ3n) is 3.97. The first kappa shape index (κ1) is 16.3. The summed E-state index contributed by atoms with van der Waals surface area (Å²) >= 11 is 0. The fourth-order valence-electron chi connectivity index (χ4n) is 2.74. The number of nitrogens with zero attached hydrogens (tertiary/aromatic N) is 1. The van der Waals surface area contributed by atoms with E-state index in [1.165, 1.54) is 5.56 Å². The molecule has 0 aliphatic carbocycles. The first-order chi connectivity index (χ1) is 10.1. The molecule has 5 nitrogen and oxygen atoms in total. The number of nitrogens with one attached hydrogen (secondary N) is 1. The fraction of sp³-hybridized carbons (Fsp3) is 0.600. The van der Waals surface area contributed by atoms with Crippen molar-refractivity contribution in [3.63, 3.8) is 0 Å². The zero-order valence-electron chi connectivity index (χ0n) is 12.7. The van der Waals surface area contributed by atoms with Gasteiger partial charge in [-0.15, -0.1) is 0 Å². The van der Waals surface area contributed by atoms with Crippen molar-refractivity contribution in [1.29, 1.82) is 0 Å². The lowest BCUT2D eigenvalue weighted by atomic mass is 10.0. The van der Waals surface area contributed by atoms with Crippen molar-refractivity contribution in [3.8, 4) is 5.75 Å². The van der Waals surface area contributed by atoms with E-state index in [0.29, 0.717) is 12.6 Å². The van der Waals surface area contributed by atoms with E-state index >= 15 is 0 Å². The summed E-state index contributed by atoms with van der Waals surface area (Å²) in [6.07, 6.45) is 2.27. The molecule has 1 aromatic carbocycles. The summed E-state index contributed by atoms with van der Waals surface area (Å²) in [5.74, 6) is 0.994. The number of rotatable bonds is 7. The van der Waals surface area contributed by atoms with Crippen LogP contribution in [0.1, 0.15) is 31.4 Å². The predicted octanol–water partition coefficient (Wildman–Crippen LogP) is 1.77. The van der Waals surface area contributed by atoms with Crippen molar-refractivity contribution in [2.24, 2.45) is 0 Å². The SMILES string of the molecule is CCS(=O)(=O)NCCN1CCCC1c1ccc(OC)cc1. The van der Waals surface area contributed by atoms with Crippen LogP contribution in [0.4, 0.5) is 0 Å². The smallest absolute Gasteiger partial charge is 0.211 e. The molecule has 1 atom stereocenters. The van der Waals surface area contributed by atoms with Gasteiger partial charge in [-0.25, -0.2) is 13.1 Å². The van der Waals surface area contributed by atoms with Crippen LogP contribution in [0.5, 0.6) is 5.75 Å². The van der Waals surface area contributed by atoms with Crippen LogP contribution < -0.4 is 9.46 Å². The second-order valence-corrected chi connectivity index (χ2v) is 7.36. The summed E-state index contributed by atoms with van der Waals surface area (Å²) < 4.78 is 30.7. The molecule has 0 amide bonds. The van der Waals surface area contributed by atoms with Crippen molar-refractivity contribution >= 4 is 10.0 Å². The van der Waals surface area contributed by atoms with Crippen LogP contribution >= 0.6 is 0 Å². The van der Waals surface area contributed by atoms with E-state index in [4.69, 9.17) is 4.74 Å². The summed E-state index contributed by atoms with van der Waals surface area (Å²) in [7, 11) is -1.43. The van der Waals surface area contributed by atoms with E-state index in [0.717, 1.165) is 31.7 Å². The molecule has 1 saturated heterocycles. The van der Waals surface area contributed by atoms with Gasteiger partial charge < -0.3 is 4.74 Å². The van der Waals surface area contributed by atoms with Crippen molar-refractivity contribution < 1.29 is 13.2 Å². The fourth-order valence-corrected chi connectivity index (χ4v) is 3.35. The Kier molecular flexibility index (Phi) is 5.61. The maximum Gasteiger partial charge on any atom is 0.211 e. The van der Waals surface area contributed by atoms with Gasteiger partial charge in [-0.2, -0.15) is 0 Å². The quantitative estimate of drug-likeness (QED) is 0.833. The van der Waals surface area contributed by atoms with Crippen molar-refractivity contribution in [2.45, 2.75) is 25.8 Å². The molecule has 1 heterocycles. The summed E-state index contributed by atoms with van der Waals surface area (Å²) in [6, 6.07) is 8.52. The molecule has 0 radical (unpaired) electrons. The van der Waals surface area contributed by atoms with Crippen LogP contribution in [0.3, 0.4) is 0 Å². The number of hydrogen-bond donors (Lipinski definition) is 1. The van der Waals surface area contributed by atoms with Crippen molar-refractivity contribution in [2.75, 3.05) is 32.5 Å². The largest absolute Gasteiger partial charge is 0.497 e. The lowest BCUT2D eigenvalue weighted by molar-refractivity contribution is 0.261. The van der Waals surface area contributed by atoms with Crippen LogP contribution in [0.15, 0.2) is 24.3 Å². The molecule has 1 aliphatic heterocycles. The highest BCUT2D eigenvalue weighted by molar-refractivity contribution is 7.89. The van der Waals surface area contributed by atoms with Gasteiger partial charge in [-0.05, 0) is 44.0 Å². The van der Waals surface area contributed by atoms with E-state index in [-0.39, 0.29) is 5.75 Å². The minimum atomic E-state index is -3.10. The normalized spacial score (nSPS) is 19.8. The third-order valence-corrected chi connectivity index (χ3v) is 5.37. The van der Waals surface area contributed by atoms with Crippen LogP contribution in [-0.4, -0.2) is 45.8 Å². The Bertz CT molecular complexity index is 543. The molecule has 1 unspecified atom stereocenters. The highest BCUT2D eigenvalue weighted by atomic mass is 32.2. The number of methoxy groups -OCH3 is 1. The van der Waals surface area contributed by atoms with Crippen molar-refractivity contribution in [3.05, 3.63) is 29.8 Å². The van der Waals surface area contributed by atoms with E-state index in [1.54, 1.807) is 14.0 Å². The number of ether oxygens (including phenoxy) is 1. The minimum Gasteiger partial charge on any atom is -0.497 e. The highest BCUT2D eigenvalue weighted by Gasteiger charge is 2.25. The Morgan fingerprint density at radius 1 is 1.33 bits per heavy atom. The second kappa shape index (κ2) is 7.24. The van der Waals surface area contributed by atoms with Gasteiger partial charge in [0.1, 0.15) is 5.75 Å². The molecular formula is C15H24N2O3S. The number of hydrogen-bond acceptors (Lipinski definition) is 4. The van der Waals surface area contributed by atoms with Crippen LogP contribution in [-0.2, 0) is 10.0 Å². The number of likely N-dealkylation sites (tertiary alicyclic amines) is 1. The van der Waals surface area contributed by atoms with E-state index in [1.807, 2.05) is 12.1 Å². The van der Waals surface area contributed by atoms with Gasteiger partial charge in [0, 0.05) is 19.1 Å². The Balaban J connectivity index is 1.93. The molecule has 6 heteroatoms. The van der Waals surface area contributed by atoms with Gasteiger partial charge in [-0.1, -0.05) is 12.1 Å². The average Bonchev–Trinajstić information content (AvgIpc) is 2.95. The van der Waals surface area contributed by atoms with Crippen LogP contribution in [0.2, 0.25) is 0 Å². The lowest BCUT2D eigenvalue weighted by Gasteiger charge is -2.25. The number of sulfonamides is 1. The first-order valence-electron chi connectivity index (χ1n) is 7.41. The summed E-state index contributed by atoms with van der Waals surface area (Å²) in [5.41, 5.74) is 1.27. The Labute approximate surface area is 127 Å². The number of benzene rings is 1. The molecule has 1 aliphatic rings. The van der Waals surface area contributed by atoms with E-state index in [9.17, 15) is 8.42 Å². The van der Waals surface area contributed by atoms with Crippen molar-refractivity contribution in [1.82, 2.24) is 9.62 Å². The monoisotopic (exact) mass is 312 g/mol. The van der Waals surface area contributed by atoms with Gasteiger partial charge in [0.15, 0.2) is 0 Å². The summed E-state index contributed by atoms with van der Waals surface area (Å²) in [6.45, 7) is 3.89. The molecule has 0 bridgehead atoms. The summed E-state index contributed by atoms with van der Waals surface area (Å²) in [5, 5.41) is 0. The van der Waals surface area contributed by atoms with Gasteiger partial charge in [-0.3, -0.25) is 4.90 Å². The second-order valence-electron chi connectivity index (χ2n) is 5.26. The highest BCUT2D eigenvalue weighted by Crippen LogP contribution is 2.32. The van der Waals surface area contributed by atoms with Gasteiger partial charge in [0.25, 0.3) is 0 Å². The predicted molar refractivity (Wildman–Crippen MR) is 84.0 cm³/mol. The molecule has 118 valence electrons. The average molecular weight is 312 g/mol. The minimum absolute atomic E-state index is 0.134. The van der Waals surface area contributed by atoms with Gasteiger partial charge >= 0.3 is 0 Å². The topological polar surface area (TPSA) is 58.6 Å². The maximum atomic E-state index is 11.5. The molecule has 1 N–H and O–H groups in total. The van der Waals surface area contributed by atoms with Gasteiger partial charge in [0.2, 0.25) is 10.0 Å². The lowest BCUT2D eigenvalue weighted by Crippen LogP contribution is -2.35. The van der Waals surface area contributed by atoms with Crippen LogP contribution in [0, 0.1) is 0 Å². The molecule has 1 fully saturated rings. The molecular weight excluding hydrogens is 288 g/mol. The zero-order chi connectivity index (χ0) is 15.3. The zero-order valence-corrected chi connectivity index (χ0v) is 13.5. The Hall–Kier alpha value is -1.11. The molecule has 2 rings (SSSR count). The summed E-state index contributed by atoms with van der Waals surface area (Å²) in [4.78, 5) is 2.35. The van der Waals surface area contributed by atoms with Gasteiger partial charge in [0.05, 0.1) is 12.9 Å². The van der Waals surface area contributed by atoms with E-state index < -0.39 is 10.0 Å².